The maximum absolute atomic E-state index is 6.00. The molecule has 0 radical (unpaired) electrons. The van der Waals surface area contributed by atoms with Crippen molar-refractivity contribution in [2.75, 3.05) is 5.32 Å². The molecule has 0 atom stereocenters. The molecular weight excluding hydrogens is 282 g/mol. The number of hydrogen-bond acceptors (Lipinski definition) is 3. The highest BCUT2D eigenvalue weighted by atomic mass is 35.5. The molecule has 21 heavy (non-hydrogen) atoms. The van der Waals surface area contributed by atoms with Crippen molar-refractivity contribution in [3.63, 3.8) is 0 Å². The second-order valence-electron chi connectivity index (χ2n) is 6.08. The molecule has 1 N–H and O–H groups in total. The fourth-order valence-electron chi connectivity index (χ4n) is 2.18. The number of halogens is 1. The molecule has 0 fully saturated rings. The molecule has 4 heteroatoms. The minimum atomic E-state index is -0.0600. The van der Waals surface area contributed by atoms with Crippen molar-refractivity contribution < 1.29 is 0 Å². The van der Waals surface area contributed by atoms with Crippen molar-refractivity contribution in [2.24, 2.45) is 0 Å². The highest BCUT2D eigenvalue weighted by molar-refractivity contribution is 6.30. The number of nitrogens with zero attached hydrogens (tertiary/aromatic N) is 2. The van der Waals surface area contributed by atoms with Crippen LogP contribution in [0.4, 0.5) is 5.82 Å². The van der Waals surface area contributed by atoms with Gasteiger partial charge in [0.1, 0.15) is 0 Å². The van der Waals surface area contributed by atoms with Gasteiger partial charge in [-0.05, 0) is 57.2 Å². The maximum Gasteiger partial charge on any atom is 0.155 e. The molecule has 1 heterocycles. The SMILES string of the molecule is Cc1c(Cl)nnc(NC(C)(C)CCc2ccccc2)c1C. The van der Waals surface area contributed by atoms with Gasteiger partial charge in [0.25, 0.3) is 0 Å². The van der Waals surface area contributed by atoms with Crippen LogP contribution in [0.3, 0.4) is 0 Å². The average Bonchev–Trinajstić information content (AvgIpc) is 2.47. The van der Waals surface area contributed by atoms with Crippen LogP contribution in [0, 0.1) is 13.8 Å². The number of anilines is 1. The van der Waals surface area contributed by atoms with Gasteiger partial charge in [-0.25, -0.2) is 0 Å². The highest BCUT2D eigenvalue weighted by Crippen LogP contribution is 2.25. The van der Waals surface area contributed by atoms with Gasteiger partial charge in [0.15, 0.2) is 11.0 Å². The molecule has 1 aromatic heterocycles. The summed E-state index contributed by atoms with van der Waals surface area (Å²) in [6.07, 6.45) is 2.04. The van der Waals surface area contributed by atoms with E-state index in [9.17, 15) is 0 Å². The summed E-state index contributed by atoms with van der Waals surface area (Å²) < 4.78 is 0. The van der Waals surface area contributed by atoms with Gasteiger partial charge in [-0.3, -0.25) is 0 Å². The normalized spacial score (nSPS) is 11.5. The monoisotopic (exact) mass is 303 g/mol. The molecule has 0 amide bonds. The van der Waals surface area contributed by atoms with Gasteiger partial charge in [0.2, 0.25) is 0 Å². The Labute approximate surface area is 131 Å². The van der Waals surface area contributed by atoms with Crippen molar-refractivity contribution in [3.8, 4) is 0 Å². The summed E-state index contributed by atoms with van der Waals surface area (Å²) in [6.45, 7) is 8.35. The van der Waals surface area contributed by atoms with Gasteiger partial charge in [-0.2, -0.15) is 0 Å². The molecule has 0 saturated heterocycles. The Bertz CT molecular complexity index is 609. The molecule has 1 aromatic carbocycles. The van der Waals surface area contributed by atoms with Crippen LogP contribution in [-0.2, 0) is 6.42 Å². The fraction of sp³-hybridized carbons (Fsp3) is 0.412. The van der Waals surface area contributed by atoms with Crippen LogP contribution in [0.1, 0.15) is 37.0 Å². The topological polar surface area (TPSA) is 37.8 Å². The molecule has 2 rings (SSSR count). The third kappa shape index (κ3) is 4.18. The van der Waals surface area contributed by atoms with Crippen molar-refractivity contribution in [1.82, 2.24) is 10.2 Å². The predicted molar refractivity (Wildman–Crippen MR) is 89.0 cm³/mol. The molecule has 0 unspecified atom stereocenters. The minimum Gasteiger partial charge on any atom is -0.363 e. The van der Waals surface area contributed by atoms with Crippen LogP contribution in [0.25, 0.3) is 0 Å². The van der Waals surface area contributed by atoms with Gasteiger partial charge >= 0.3 is 0 Å². The number of nitrogens with one attached hydrogen (secondary N) is 1. The fourth-order valence-corrected chi connectivity index (χ4v) is 2.36. The Morgan fingerprint density at radius 3 is 2.38 bits per heavy atom. The third-order valence-electron chi connectivity index (χ3n) is 3.80. The lowest BCUT2D eigenvalue weighted by molar-refractivity contribution is 0.515. The van der Waals surface area contributed by atoms with E-state index < -0.39 is 0 Å². The maximum atomic E-state index is 6.00. The van der Waals surface area contributed by atoms with E-state index in [0.717, 1.165) is 29.8 Å². The summed E-state index contributed by atoms with van der Waals surface area (Å²) in [4.78, 5) is 0. The van der Waals surface area contributed by atoms with Gasteiger partial charge in [0.05, 0.1) is 0 Å². The summed E-state index contributed by atoms with van der Waals surface area (Å²) >= 11 is 6.00. The molecule has 0 spiro atoms. The van der Waals surface area contributed by atoms with Crippen LogP contribution >= 0.6 is 11.6 Å². The average molecular weight is 304 g/mol. The quantitative estimate of drug-likeness (QED) is 0.879. The first-order valence-corrected chi connectivity index (χ1v) is 7.58. The zero-order valence-corrected chi connectivity index (χ0v) is 13.8. The molecule has 0 aliphatic rings. The Hall–Kier alpha value is -1.61. The van der Waals surface area contributed by atoms with Crippen LogP contribution in [-0.4, -0.2) is 15.7 Å². The van der Waals surface area contributed by atoms with E-state index in [2.05, 4.69) is 53.6 Å². The van der Waals surface area contributed by atoms with Crippen molar-refractivity contribution in [3.05, 3.63) is 52.2 Å². The first-order chi connectivity index (χ1) is 9.89. The van der Waals surface area contributed by atoms with E-state index in [4.69, 9.17) is 11.6 Å². The molecule has 0 bridgehead atoms. The van der Waals surface area contributed by atoms with E-state index in [1.807, 2.05) is 19.9 Å². The molecular formula is C17H22ClN3. The summed E-state index contributed by atoms with van der Waals surface area (Å²) in [5, 5.41) is 12.1. The summed E-state index contributed by atoms with van der Waals surface area (Å²) in [7, 11) is 0. The predicted octanol–water partition coefficient (Wildman–Crippen LogP) is 4.57. The van der Waals surface area contributed by atoms with Crippen molar-refractivity contribution in [2.45, 2.75) is 46.1 Å². The molecule has 0 aliphatic carbocycles. The summed E-state index contributed by atoms with van der Waals surface area (Å²) in [5.41, 5.74) is 3.33. The Morgan fingerprint density at radius 2 is 1.71 bits per heavy atom. The van der Waals surface area contributed by atoms with Crippen LogP contribution in [0.5, 0.6) is 0 Å². The van der Waals surface area contributed by atoms with E-state index >= 15 is 0 Å². The Kier molecular flexibility index (Phi) is 4.84. The molecule has 3 nitrogen and oxygen atoms in total. The zero-order chi connectivity index (χ0) is 15.5. The number of aromatic nitrogens is 2. The van der Waals surface area contributed by atoms with E-state index in [1.54, 1.807) is 0 Å². The van der Waals surface area contributed by atoms with E-state index in [-0.39, 0.29) is 5.54 Å². The first-order valence-electron chi connectivity index (χ1n) is 7.20. The largest absolute Gasteiger partial charge is 0.363 e. The standard InChI is InChI=1S/C17H22ClN3/c1-12-13(2)16(21-20-15(12)18)19-17(3,4)11-10-14-8-6-5-7-9-14/h5-9H,10-11H2,1-4H3,(H,19,21). The summed E-state index contributed by atoms with van der Waals surface area (Å²) in [6, 6.07) is 10.5. The van der Waals surface area contributed by atoms with Crippen LogP contribution < -0.4 is 5.32 Å². The number of aryl methyl sites for hydroxylation is 1. The smallest absolute Gasteiger partial charge is 0.155 e. The van der Waals surface area contributed by atoms with E-state index in [1.165, 1.54) is 5.56 Å². The van der Waals surface area contributed by atoms with E-state index in [0.29, 0.717) is 5.15 Å². The molecule has 0 aliphatic heterocycles. The lowest BCUT2D eigenvalue weighted by atomic mass is 9.95. The third-order valence-corrected chi connectivity index (χ3v) is 4.16. The zero-order valence-electron chi connectivity index (χ0n) is 13.1. The lowest BCUT2D eigenvalue weighted by Crippen LogP contribution is -2.32. The van der Waals surface area contributed by atoms with Gasteiger partial charge in [-0.15, -0.1) is 10.2 Å². The Morgan fingerprint density at radius 1 is 1.05 bits per heavy atom. The molecule has 0 saturated carbocycles. The summed E-state index contributed by atoms with van der Waals surface area (Å²) in [5.74, 6) is 0.815. The number of benzene rings is 1. The second kappa shape index (κ2) is 6.44. The first kappa shape index (κ1) is 15.8. The van der Waals surface area contributed by atoms with Gasteiger partial charge in [-0.1, -0.05) is 41.9 Å². The number of rotatable bonds is 5. The van der Waals surface area contributed by atoms with Gasteiger partial charge in [0, 0.05) is 5.54 Å². The van der Waals surface area contributed by atoms with Crippen molar-refractivity contribution in [1.29, 1.82) is 0 Å². The second-order valence-corrected chi connectivity index (χ2v) is 6.44. The molecule has 2 aromatic rings. The molecule has 112 valence electrons. The minimum absolute atomic E-state index is 0.0600. The van der Waals surface area contributed by atoms with Crippen LogP contribution in [0.15, 0.2) is 30.3 Å². The van der Waals surface area contributed by atoms with Crippen molar-refractivity contribution >= 4 is 17.4 Å². The van der Waals surface area contributed by atoms with Crippen LogP contribution in [0.2, 0.25) is 5.15 Å². The Balaban J connectivity index is 2.05. The van der Waals surface area contributed by atoms with Gasteiger partial charge < -0.3 is 5.32 Å². The highest BCUT2D eigenvalue weighted by Gasteiger charge is 2.20. The lowest BCUT2D eigenvalue weighted by Gasteiger charge is -2.28. The number of hydrogen-bond donors (Lipinski definition) is 1.